The maximum Gasteiger partial charge on any atom is 0.305 e. The van der Waals surface area contributed by atoms with Gasteiger partial charge in [0.1, 0.15) is 61.0 Å². The molecule has 4 N–H and O–H groups in total. The Balaban J connectivity index is 0.000000321. The van der Waals surface area contributed by atoms with Gasteiger partial charge in [-0.3, -0.25) is 4.79 Å². The molecule has 21 nitrogen and oxygen atoms in total. The molecule has 17 rings (SSSR count). The lowest BCUT2D eigenvalue weighted by Gasteiger charge is -2.21. The Bertz CT molecular complexity index is 5740. The number of thiophene rings is 1. The number of esters is 1. The summed E-state index contributed by atoms with van der Waals surface area (Å²) in [4.78, 5) is 51.4. The molecule has 0 amide bonds. The number of primary sulfonamides is 1. The van der Waals surface area contributed by atoms with Gasteiger partial charge in [-0.15, -0.1) is 34.0 Å². The van der Waals surface area contributed by atoms with Crippen LogP contribution in [0.3, 0.4) is 0 Å². The van der Waals surface area contributed by atoms with E-state index in [-0.39, 0.29) is 27.5 Å². The first-order valence-electron chi connectivity index (χ1n) is 49.8. The number of rotatable bonds is 22. The minimum absolute atomic E-state index is 0.00600. The topological polar surface area (TPSA) is 300 Å². The van der Waals surface area contributed by atoms with E-state index >= 15 is 0 Å². The molecule has 0 saturated carbocycles. The van der Waals surface area contributed by atoms with Gasteiger partial charge in [-0.2, -0.15) is 10.4 Å². The largest absolute Gasteiger partial charge is 0.493 e. The van der Waals surface area contributed by atoms with Gasteiger partial charge in [0.15, 0.2) is 0 Å². The first-order valence-corrected chi connectivity index (χ1v) is 54.4. The van der Waals surface area contributed by atoms with E-state index in [0.717, 1.165) is 208 Å². The second kappa shape index (κ2) is 73.0. The van der Waals surface area contributed by atoms with Crippen molar-refractivity contribution in [3.05, 3.63) is 307 Å². The molecule has 0 radical (unpaired) electrons. The Morgan fingerprint density at radius 2 is 1.12 bits per heavy atom. The van der Waals surface area contributed by atoms with E-state index in [1.54, 1.807) is 92.2 Å². The van der Waals surface area contributed by atoms with Gasteiger partial charge in [0.25, 0.3) is 0 Å². The molecule has 3 fully saturated rings. The summed E-state index contributed by atoms with van der Waals surface area (Å²) >= 11 is 10.9. The zero-order valence-corrected chi connectivity index (χ0v) is 91.0. The highest BCUT2D eigenvalue weighted by atomic mass is 35.5. The summed E-state index contributed by atoms with van der Waals surface area (Å²) in [7, 11) is -2.32. The average molecular weight is 2040 g/mol. The second-order valence-corrected chi connectivity index (χ2v) is 38.3. The molecule has 4 aliphatic rings. The number of nitriles is 1. The Morgan fingerprint density at radius 3 is 1.58 bits per heavy atom. The number of aryl methyl sites for hydroxylation is 10. The highest BCUT2D eigenvalue weighted by molar-refractivity contribution is 7.89. The van der Waals surface area contributed by atoms with Crippen molar-refractivity contribution in [3.8, 4) is 49.2 Å². The maximum absolute atomic E-state index is 12.4. The lowest BCUT2D eigenvalue weighted by molar-refractivity contribution is -0.140. The first-order chi connectivity index (χ1) is 68.5. The zero-order chi connectivity index (χ0) is 104. The Hall–Kier alpha value is -11.1. The first kappa shape index (κ1) is 123. The van der Waals surface area contributed by atoms with Gasteiger partial charge in [0, 0.05) is 91.2 Å². The quantitative estimate of drug-likeness (QED) is 0.0531. The van der Waals surface area contributed by atoms with E-state index in [1.807, 2.05) is 124 Å². The van der Waals surface area contributed by atoms with E-state index in [2.05, 4.69) is 197 Å². The van der Waals surface area contributed by atoms with Gasteiger partial charge in [0.05, 0.1) is 58.0 Å². The number of hydrogen-bond donors (Lipinski definition) is 3. The summed E-state index contributed by atoms with van der Waals surface area (Å²) in [6.07, 6.45) is 24.9. The maximum atomic E-state index is 12.4. The standard InChI is InChI=1S/C12H13NO.C11H12N2.C11H11NS.C10H12O.C9H17NO.C9H9NS2.C9H9N.C8H10ClNO2S.C8H9F.C8H15NO.C6H9NO.C6H12O.C4H8O2.C4H8O/c1-3-11-9(2)14-13-12(11)10-7-5-4-6-8-10;1-2-10-4-6-11(7-5-10)13-9-3-8-12-13;1-2-10-8-13-11(12-10)9-6-4-3-5-7-9;1-2-8-3-4-10-9(7-8)5-6-11-10;1-8(11)2-3-9-4-6-10-7-5-9;1-2-7-6-12-9(10-7)8-4-3-5-11-8;1-2-8-4-3-5-9(6-8)7-10;1-2-6-3-4-7(9)8(5-6)13(10,11)12;1-2-7-4-3-5-8(9)6-7;1-7(10)6-8-2-4-9-5-3-8;1-3-6-4-5(2)8-7-6;1-2-6-3-4-7-5-6;1-3-4(5)6-2;1-3-4(2)5/h4-8H,3H2,1-2H3;3-9H,2H2,1H3;3-8H,2H2,1H3;3-4,7H,2,5-6H2,1H3;9-10H,2-7H2,1H3;3-6H,2H2,1H3;3-6H,2H2,1H3;3-5H,2H2,1H3,(H2,10,11,12);3-6H,2H2,1H3;8-9H,2-6H2,1H3;4H,3H2,1-2H3;6H,2-5H2,1H3;3H2,1-2H3;3H2,1-2H3. The van der Waals surface area contributed by atoms with Gasteiger partial charge in [-0.1, -0.05) is 233 Å². The normalized spacial score (nSPS) is 12.9. The van der Waals surface area contributed by atoms with Crippen LogP contribution in [0, 0.1) is 48.7 Å². The van der Waals surface area contributed by atoms with Crippen molar-refractivity contribution >= 4 is 79.0 Å². The molecule has 768 valence electrons. The predicted octanol–water partition coefficient (Wildman–Crippen LogP) is 27.5. The van der Waals surface area contributed by atoms with Crippen molar-refractivity contribution in [3.63, 3.8) is 0 Å². The molecule has 13 aromatic rings. The van der Waals surface area contributed by atoms with Crippen molar-refractivity contribution < 1.29 is 55.2 Å². The highest BCUT2D eigenvalue weighted by Gasteiger charge is 2.18. The number of fused-ring (bicyclic) bond motifs is 1. The monoisotopic (exact) mass is 2030 g/mol. The lowest BCUT2D eigenvalue weighted by Crippen LogP contribution is -2.28. The van der Waals surface area contributed by atoms with Crippen molar-refractivity contribution in [2.24, 2.45) is 22.9 Å². The third kappa shape index (κ3) is 51.2. The van der Waals surface area contributed by atoms with Crippen LogP contribution < -0.4 is 20.5 Å². The van der Waals surface area contributed by atoms with Crippen LogP contribution in [0.1, 0.15) is 248 Å². The van der Waals surface area contributed by atoms with Crippen molar-refractivity contribution in [2.45, 2.75) is 257 Å². The van der Waals surface area contributed by atoms with E-state index < -0.39 is 10.0 Å². The number of hydrogen-bond acceptors (Lipinski definition) is 22. The Labute approximate surface area is 863 Å². The van der Waals surface area contributed by atoms with Crippen LogP contribution in [0.4, 0.5) is 4.39 Å². The number of halogens is 2. The Morgan fingerprint density at radius 1 is 0.556 bits per heavy atom. The number of benzene rings is 7. The summed E-state index contributed by atoms with van der Waals surface area (Å²) in [6.45, 7) is 40.8. The number of carbonyl (C=O) groups excluding carboxylic acids is 4. The highest BCUT2D eigenvalue weighted by Crippen LogP contribution is 2.31. The molecule has 6 aromatic heterocycles. The fraction of sp³-hybridized carbons (Fsp3) is 0.426. The summed E-state index contributed by atoms with van der Waals surface area (Å²) in [5.74, 6) is 5.87. The number of aromatic nitrogens is 6. The predicted molar refractivity (Wildman–Crippen MR) is 584 cm³/mol. The fourth-order valence-corrected chi connectivity index (χ4v) is 17.6. The number of sulfonamides is 1. The number of carbonyl (C=O) groups is 4. The van der Waals surface area contributed by atoms with E-state index in [0.29, 0.717) is 30.3 Å². The van der Waals surface area contributed by atoms with Crippen molar-refractivity contribution in [2.75, 3.05) is 53.1 Å². The van der Waals surface area contributed by atoms with Crippen LogP contribution in [0.2, 0.25) is 5.02 Å². The summed E-state index contributed by atoms with van der Waals surface area (Å²) < 4.78 is 61.0. The Kier molecular flexibility index (Phi) is 63.4. The van der Waals surface area contributed by atoms with Gasteiger partial charge in [-0.05, 0) is 280 Å². The smallest absolute Gasteiger partial charge is 0.305 e. The van der Waals surface area contributed by atoms with Gasteiger partial charge in [-0.25, -0.2) is 32.6 Å². The zero-order valence-electron chi connectivity index (χ0n) is 87.0. The number of methoxy groups -OCH3 is 1. The SMILES string of the molecule is CC(=O)CC1CCNCC1.CC(=O)CCC1CCNCC1.CCC(=O)OC.CCC(C)=O.CCC1CCOC1.CCc1c(-c2ccccc2)noc1C.CCc1cc(C)on1.CCc1ccc(-n2cccn2)cc1.CCc1ccc(Cl)c(S(N)(=O)=O)c1.CCc1ccc2c(c1)CCO2.CCc1cccc(C#N)c1.CCc1cccc(F)c1.CCc1csc(-c2ccccc2)n1.CCc1csc(-c2cccs2)n1. The van der Waals surface area contributed by atoms with Crippen molar-refractivity contribution in [1.82, 2.24) is 40.7 Å². The molecule has 27 heteroatoms. The number of ether oxygens (including phenoxy) is 3. The summed E-state index contributed by atoms with van der Waals surface area (Å²) in [6, 6.07) is 64.7. The van der Waals surface area contributed by atoms with Crippen LogP contribution >= 0.6 is 45.6 Å². The minimum atomic E-state index is -3.70. The molecule has 7 aromatic carbocycles. The molecule has 1 unspecified atom stereocenters. The number of piperidine rings is 2. The van der Waals surface area contributed by atoms with Crippen LogP contribution in [-0.2, 0) is 103 Å². The number of nitrogens with two attached hydrogens (primary N) is 1. The number of thiazole rings is 2. The molecule has 0 bridgehead atoms. The molecule has 1 atom stereocenters. The number of nitrogens with one attached hydrogen (secondary N) is 2. The fourth-order valence-electron chi connectivity index (χ4n) is 13.9. The van der Waals surface area contributed by atoms with Gasteiger partial charge in [0.2, 0.25) is 10.0 Å². The number of ketones is 3. The summed E-state index contributed by atoms with van der Waals surface area (Å²) in [5.41, 5.74) is 17.1. The minimum Gasteiger partial charge on any atom is -0.493 e. The molecular weight excluding hydrogens is 1880 g/mol. The molecule has 10 heterocycles. The van der Waals surface area contributed by atoms with Crippen LogP contribution in [0.15, 0.2) is 237 Å². The van der Waals surface area contributed by atoms with Gasteiger partial charge < -0.3 is 48.3 Å². The summed E-state index contributed by atoms with van der Waals surface area (Å²) in [5, 5.41) is 40.9. The van der Waals surface area contributed by atoms with Crippen LogP contribution in [0.25, 0.3) is 37.4 Å². The molecule has 0 aliphatic carbocycles. The molecule has 0 spiro atoms. The van der Waals surface area contributed by atoms with E-state index in [1.165, 1.54) is 107 Å². The second-order valence-electron chi connectivity index (χ2n) is 33.7. The van der Waals surface area contributed by atoms with E-state index in [9.17, 15) is 32.0 Å². The van der Waals surface area contributed by atoms with Gasteiger partial charge >= 0.3 is 5.97 Å². The van der Waals surface area contributed by atoms with Crippen LogP contribution in [0.5, 0.6) is 5.75 Å². The molecule has 142 heavy (non-hydrogen) atoms. The lowest BCUT2D eigenvalue weighted by atomic mass is 9.92. The third-order valence-electron chi connectivity index (χ3n) is 22.8. The van der Waals surface area contributed by atoms with Crippen LogP contribution in [-0.4, -0.2) is 115 Å². The number of nitrogens with zero attached hydrogens (tertiary/aromatic N) is 7. The average Bonchev–Trinajstić information content (AvgIpc) is 1.74. The van der Waals surface area contributed by atoms with E-state index in [4.69, 9.17) is 40.5 Å². The third-order valence-corrected chi connectivity index (χ3v) is 27.0. The van der Waals surface area contributed by atoms with Crippen molar-refractivity contribution in [1.29, 1.82) is 5.26 Å². The number of Topliss-reactive ketones (excluding diaryl/α,β-unsaturated/α-hetero) is 3. The molecule has 3 saturated heterocycles. The molecule has 4 aliphatic heterocycles. The molecular formula is C115H154ClFN10O11S4.